The molecule has 0 radical (unpaired) electrons. The molecule has 1 aromatic carbocycles. The second-order valence-corrected chi connectivity index (χ2v) is 5.40. The number of ether oxygens (including phenoxy) is 1. The molecule has 11 heteroatoms. The number of carbonyl (C=O) groups is 1. The molecule has 0 aliphatic carbocycles. The zero-order chi connectivity index (χ0) is 20.4. The summed E-state index contributed by atoms with van der Waals surface area (Å²) in [6.07, 6.45) is -4.61. The van der Waals surface area contributed by atoms with Crippen molar-refractivity contribution < 1.29 is 22.7 Å². The molecule has 2 rings (SSSR count). The smallest absolute Gasteiger partial charge is 0.416 e. The Morgan fingerprint density at radius 3 is 2.56 bits per heavy atom. The lowest BCUT2D eigenvalue weighted by molar-refractivity contribution is -0.137. The molecule has 1 aromatic heterocycles. The van der Waals surface area contributed by atoms with Crippen molar-refractivity contribution in [3.63, 3.8) is 0 Å². The summed E-state index contributed by atoms with van der Waals surface area (Å²) in [4.78, 5) is 20.5. The van der Waals surface area contributed by atoms with Gasteiger partial charge in [-0.15, -0.1) is 0 Å². The van der Waals surface area contributed by atoms with Crippen molar-refractivity contribution in [2.45, 2.75) is 19.1 Å². The van der Waals surface area contributed by atoms with Gasteiger partial charge in [0.05, 0.1) is 12.7 Å². The van der Waals surface area contributed by atoms with Crippen LogP contribution in [0.3, 0.4) is 0 Å². The number of amides is 1. The van der Waals surface area contributed by atoms with Gasteiger partial charge in [0, 0.05) is 5.69 Å². The fourth-order valence-electron chi connectivity index (χ4n) is 2.35. The molecular formula is C16H15F3N6O2. The maximum absolute atomic E-state index is 13.1. The lowest BCUT2D eigenvalue weighted by Crippen LogP contribution is -2.41. The summed E-state index contributed by atoms with van der Waals surface area (Å²) in [5.74, 6) is -1.54. The maximum Gasteiger partial charge on any atom is 0.416 e. The molecule has 1 heterocycles. The zero-order valence-electron chi connectivity index (χ0n) is 14.3. The molecule has 0 unspecified atom stereocenters. The van der Waals surface area contributed by atoms with Crippen molar-refractivity contribution in [3.05, 3.63) is 35.4 Å². The SMILES string of the molecule is COc1nc(N)nc(N(c2cccc(C(F)(F)F)c2)[C@@H](C)C(N)=O)c1C#N. The molecule has 142 valence electrons. The molecule has 0 aliphatic rings. The van der Waals surface area contributed by atoms with E-state index in [9.17, 15) is 23.2 Å². The second kappa shape index (κ2) is 7.36. The number of benzene rings is 1. The molecule has 0 saturated heterocycles. The highest BCUT2D eigenvalue weighted by molar-refractivity contribution is 5.87. The number of hydrogen-bond acceptors (Lipinski definition) is 7. The number of nitrogens with zero attached hydrogens (tertiary/aromatic N) is 4. The molecule has 0 saturated carbocycles. The molecule has 27 heavy (non-hydrogen) atoms. The summed E-state index contributed by atoms with van der Waals surface area (Å²) < 4.78 is 44.3. The molecule has 1 amide bonds. The van der Waals surface area contributed by atoms with Crippen LogP contribution in [-0.2, 0) is 11.0 Å². The predicted octanol–water partition coefficient (Wildman–Crippen LogP) is 1.97. The number of rotatable bonds is 5. The van der Waals surface area contributed by atoms with Crippen LogP contribution < -0.4 is 21.1 Å². The first kappa shape index (κ1) is 19.8. The Balaban J connectivity index is 2.78. The summed E-state index contributed by atoms with van der Waals surface area (Å²) in [7, 11) is 1.23. The summed E-state index contributed by atoms with van der Waals surface area (Å²) in [5, 5.41) is 9.45. The van der Waals surface area contributed by atoms with E-state index in [-0.39, 0.29) is 28.9 Å². The van der Waals surface area contributed by atoms with E-state index in [0.29, 0.717) is 0 Å². The summed E-state index contributed by atoms with van der Waals surface area (Å²) in [6.45, 7) is 1.36. The first-order valence-electron chi connectivity index (χ1n) is 7.47. The normalized spacial score (nSPS) is 12.1. The number of hydrogen-bond donors (Lipinski definition) is 2. The Hall–Kier alpha value is -3.55. The summed E-state index contributed by atoms with van der Waals surface area (Å²) in [6, 6.07) is 4.82. The highest BCUT2D eigenvalue weighted by Crippen LogP contribution is 2.36. The van der Waals surface area contributed by atoms with E-state index in [1.54, 1.807) is 0 Å². The van der Waals surface area contributed by atoms with Crippen LogP contribution in [0.15, 0.2) is 24.3 Å². The number of nitrogen functional groups attached to an aromatic ring is 1. The molecule has 8 nitrogen and oxygen atoms in total. The van der Waals surface area contributed by atoms with Crippen molar-refractivity contribution in [2.75, 3.05) is 17.7 Å². The molecule has 1 atom stereocenters. The van der Waals surface area contributed by atoms with Crippen LogP contribution in [0.1, 0.15) is 18.1 Å². The zero-order valence-corrected chi connectivity index (χ0v) is 14.3. The van der Waals surface area contributed by atoms with Crippen molar-refractivity contribution >= 4 is 23.4 Å². The Morgan fingerprint density at radius 2 is 2.04 bits per heavy atom. The van der Waals surface area contributed by atoms with E-state index in [0.717, 1.165) is 23.1 Å². The number of anilines is 3. The fourth-order valence-corrected chi connectivity index (χ4v) is 2.35. The van der Waals surface area contributed by atoms with Crippen LogP contribution in [0, 0.1) is 11.3 Å². The minimum Gasteiger partial charge on any atom is -0.480 e. The lowest BCUT2D eigenvalue weighted by atomic mass is 10.1. The Morgan fingerprint density at radius 1 is 1.37 bits per heavy atom. The van der Waals surface area contributed by atoms with Gasteiger partial charge in [-0.2, -0.15) is 28.4 Å². The van der Waals surface area contributed by atoms with E-state index in [2.05, 4.69) is 9.97 Å². The van der Waals surface area contributed by atoms with Crippen LogP contribution in [0.5, 0.6) is 5.88 Å². The second-order valence-electron chi connectivity index (χ2n) is 5.40. The predicted molar refractivity (Wildman–Crippen MR) is 90.0 cm³/mol. The lowest BCUT2D eigenvalue weighted by Gasteiger charge is -2.29. The van der Waals surface area contributed by atoms with Crippen LogP contribution in [0.4, 0.5) is 30.6 Å². The summed E-state index contributed by atoms with van der Waals surface area (Å²) >= 11 is 0. The first-order chi connectivity index (χ1) is 12.6. The van der Waals surface area contributed by atoms with Crippen LogP contribution in [-0.4, -0.2) is 29.0 Å². The van der Waals surface area contributed by atoms with Gasteiger partial charge in [-0.05, 0) is 25.1 Å². The van der Waals surface area contributed by atoms with Crippen molar-refractivity contribution in [1.82, 2.24) is 9.97 Å². The van der Waals surface area contributed by atoms with E-state index in [1.165, 1.54) is 20.1 Å². The topological polar surface area (TPSA) is 131 Å². The van der Waals surface area contributed by atoms with Gasteiger partial charge in [0.15, 0.2) is 11.4 Å². The average Bonchev–Trinajstić information content (AvgIpc) is 2.60. The van der Waals surface area contributed by atoms with Crippen molar-refractivity contribution in [1.29, 1.82) is 5.26 Å². The van der Waals surface area contributed by atoms with Crippen LogP contribution >= 0.6 is 0 Å². The minimum atomic E-state index is -4.61. The Kier molecular flexibility index (Phi) is 5.39. The molecule has 0 fully saturated rings. The first-order valence-corrected chi connectivity index (χ1v) is 7.47. The number of alkyl halides is 3. The summed E-state index contributed by atoms with van der Waals surface area (Å²) in [5.41, 5.74) is 9.74. The monoisotopic (exact) mass is 380 g/mol. The third-order valence-electron chi connectivity index (χ3n) is 3.66. The van der Waals surface area contributed by atoms with Gasteiger partial charge in [-0.25, -0.2) is 0 Å². The average molecular weight is 380 g/mol. The highest BCUT2D eigenvalue weighted by atomic mass is 19.4. The molecule has 0 spiro atoms. The minimum absolute atomic E-state index is 0.0622. The van der Waals surface area contributed by atoms with Gasteiger partial charge in [0.1, 0.15) is 12.1 Å². The van der Waals surface area contributed by atoms with E-state index in [1.807, 2.05) is 6.07 Å². The van der Waals surface area contributed by atoms with E-state index >= 15 is 0 Å². The quantitative estimate of drug-likeness (QED) is 0.810. The van der Waals surface area contributed by atoms with E-state index < -0.39 is 23.7 Å². The molecule has 4 N–H and O–H groups in total. The third-order valence-corrected chi connectivity index (χ3v) is 3.66. The van der Waals surface area contributed by atoms with Gasteiger partial charge in [0.25, 0.3) is 0 Å². The Bertz CT molecular complexity index is 910. The van der Waals surface area contributed by atoms with E-state index in [4.69, 9.17) is 16.2 Å². The number of aromatic nitrogens is 2. The van der Waals surface area contributed by atoms with Gasteiger partial charge in [-0.1, -0.05) is 6.07 Å². The van der Waals surface area contributed by atoms with Gasteiger partial charge in [-0.3, -0.25) is 4.79 Å². The third kappa shape index (κ3) is 4.00. The molecule has 0 aliphatic heterocycles. The standard InChI is InChI=1S/C16H15F3N6O2/c1-8(12(21)26)25(10-5-3-4-9(6-10)16(17,18)19)13-11(7-20)14(27-2)24-15(22)23-13/h3-6,8H,1-2H3,(H2,21,26)(H2,22,23,24)/t8-/m0/s1. The number of primary amides is 1. The van der Waals surface area contributed by atoms with Gasteiger partial charge >= 0.3 is 6.18 Å². The number of carbonyl (C=O) groups excluding carboxylic acids is 1. The van der Waals surface area contributed by atoms with Gasteiger partial charge < -0.3 is 21.1 Å². The molecule has 0 bridgehead atoms. The number of nitriles is 1. The molecular weight excluding hydrogens is 365 g/mol. The van der Waals surface area contributed by atoms with Gasteiger partial charge in [0.2, 0.25) is 17.7 Å². The largest absolute Gasteiger partial charge is 0.480 e. The van der Waals surface area contributed by atoms with Crippen molar-refractivity contribution in [3.8, 4) is 11.9 Å². The van der Waals surface area contributed by atoms with Crippen LogP contribution in [0.25, 0.3) is 0 Å². The van der Waals surface area contributed by atoms with Crippen LogP contribution in [0.2, 0.25) is 0 Å². The van der Waals surface area contributed by atoms with Crippen molar-refractivity contribution in [2.24, 2.45) is 5.73 Å². The Labute approximate surface area is 152 Å². The highest BCUT2D eigenvalue weighted by Gasteiger charge is 2.33. The number of methoxy groups -OCH3 is 1. The number of nitrogens with two attached hydrogens (primary N) is 2. The maximum atomic E-state index is 13.1. The number of halogens is 3. The fraction of sp³-hybridized carbons (Fsp3) is 0.250. The molecule has 2 aromatic rings.